The Morgan fingerprint density at radius 1 is 0.255 bits per heavy atom. The fourth-order valence-electron chi connectivity index (χ4n) is 4.02. The highest BCUT2D eigenvalue weighted by molar-refractivity contribution is 7.87. The van der Waals surface area contributed by atoms with Crippen LogP contribution in [-0.2, 0) is 80.7 Å². The predicted molar refractivity (Wildman–Crippen MR) is 198 cm³/mol. The molecule has 0 radical (unpaired) electrons. The van der Waals surface area contributed by atoms with E-state index in [-0.39, 0.29) is 36.2 Å². The van der Waals surface area contributed by atoms with Crippen molar-refractivity contribution >= 4 is 20.2 Å². The van der Waals surface area contributed by atoms with Crippen LogP contribution in [0.15, 0.2) is 70.5 Å². The van der Waals surface area contributed by atoms with Gasteiger partial charge in [-0.05, 0) is 24.3 Å². The first-order chi connectivity index (χ1) is 26.9. The highest BCUT2D eigenvalue weighted by Gasteiger charge is 2.14. The van der Waals surface area contributed by atoms with Gasteiger partial charge in [0.1, 0.15) is 0 Å². The second kappa shape index (κ2) is 33.9. The van der Waals surface area contributed by atoms with Gasteiger partial charge in [-0.2, -0.15) is 16.8 Å². The summed E-state index contributed by atoms with van der Waals surface area (Å²) in [5, 5.41) is 0. The molecule has 0 aliphatic carbocycles. The van der Waals surface area contributed by atoms with Crippen molar-refractivity contribution in [3.63, 3.8) is 0 Å². The summed E-state index contributed by atoms with van der Waals surface area (Å²) in [7, 11) is -7.54. The molecule has 0 unspecified atom stereocenters. The molecule has 0 heterocycles. The van der Waals surface area contributed by atoms with Gasteiger partial charge < -0.3 is 52.1 Å². The molecule has 0 atom stereocenters. The molecule has 0 N–H and O–H groups in total. The molecule has 19 heteroatoms. The van der Waals surface area contributed by atoms with E-state index in [0.29, 0.717) is 132 Å². The van der Waals surface area contributed by atoms with Crippen LogP contribution in [0.25, 0.3) is 0 Å². The molecule has 0 saturated carbocycles. The maximum Gasteiger partial charge on any atom is 0.297 e. The summed E-state index contributed by atoms with van der Waals surface area (Å²) >= 11 is 0. The first kappa shape index (κ1) is 49.0. The monoisotopic (exact) mass is 826 g/mol. The van der Waals surface area contributed by atoms with Crippen molar-refractivity contribution < 1.29 is 77.3 Å². The molecule has 2 aromatic rings. The fraction of sp³-hybridized carbons (Fsp3) is 0.667. The second-order valence-corrected chi connectivity index (χ2v) is 14.1. The van der Waals surface area contributed by atoms with Crippen molar-refractivity contribution in [1.29, 1.82) is 0 Å². The molecular formula is C36H58O17S2. The minimum absolute atomic E-state index is 0.0677. The topological polar surface area (TPSA) is 188 Å². The fourth-order valence-corrected chi connectivity index (χ4v) is 5.84. The average Bonchev–Trinajstić information content (AvgIpc) is 3.19. The summed E-state index contributed by atoms with van der Waals surface area (Å²) in [4.78, 5) is 0.226. The Labute approximate surface area is 325 Å². The van der Waals surface area contributed by atoms with Gasteiger partial charge in [0.25, 0.3) is 20.2 Å². The number of rotatable bonds is 40. The average molecular weight is 827 g/mol. The van der Waals surface area contributed by atoms with E-state index in [1.807, 2.05) is 0 Å². The quantitative estimate of drug-likeness (QED) is 0.0700. The lowest BCUT2D eigenvalue weighted by molar-refractivity contribution is -0.0279. The highest BCUT2D eigenvalue weighted by Crippen LogP contribution is 2.11. The summed E-state index contributed by atoms with van der Waals surface area (Å²) in [6, 6.07) is 15.9. The van der Waals surface area contributed by atoms with Crippen LogP contribution >= 0.6 is 0 Å². The Bertz CT molecular complexity index is 1250. The Morgan fingerprint density at radius 2 is 0.418 bits per heavy atom. The van der Waals surface area contributed by atoms with Crippen molar-refractivity contribution in [1.82, 2.24) is 0 Å². The smallest absolute Gasteiger partial charge is 0.297 e. The maximum atomic E-state index is 12.0. The Morgan fingerprint density at radius 3 is 0.600 bits per heavy atom. The number of hydrogen-bond donors (Lipinski definition) is 0. The zero-order valence-corrected chi connectivity index (χ0v) is 33.1. The maximum absolute atomic E-state index is 12.0. The van der Waals surface area contributed by atoms with Gasteiger partial charge in [-0.15, -0.1) is 0 Å². The predicted octanol–water partition coefficient (Wildman–Crippen LogP) is 1.98. The van der Waals surface area contributed by atoms with Gasteiger partial charge in [0.05, 0.1) is 168 Å². The van der Waals surface area contributed by atoms with Gasteiger partial charge >= 0.3 is 0 Å². The van der Waals surface area contributed by atoms with Crippen LogP contribution in [0.1, 0.15) is 0 Å². The van der Waals surface area contributed by atoms with Crippen LogP contribution in [0.4, 0.5) is 0 Å². The van der Waals surface area contributed by atoms with Gasteiger partial charge in [-0.25, -0.2) is 0 Å². The molecule has 17 nitrogen and oxygen atoms in total. The van der Waals surface area contributed by atoms with Crippen molar-refractivity contribution in [3.05, 3.63) is 60.7 Å². The summed E-state index contributed by atoms with van der Waals surface area (Å²) in [6.45, 7) is 8.61. The summed E-state index contributed by atoms with van der Waals surface area (Å²) in [5.41, 5.74) is 0. The molecule has 2 rings (SSSR count). The van der Waals surface area contributed by atoms with Gasteiger partial charge in [0, 0.05) is 0 Å². The van der Waals surface area contributed by atoms with Gasteiger partial charge in [-0.3, -0.25) is 8.37 Å². The van der Waals surface area contributed by atoms with Crippen molar-refractivity contribution in [2.24, 2.45) is 0 Å². The third-order valence-corrected chi connectivity index (χ3v) is 9.37. The largest absolute Gasteiger partial charge is 0.377 e. The molecule has 55 heavy (non-hydrogen) atoms. The van der Waals surface area contributed by atoms with Crippen LogP contribution < -0.4 is 0 Å². The third-order valence-electron chi connectivity index (χ3n) is 6.72. The molecule has 2 aromatic carbocycles. The van der Waals surface area contributed by atoms with E-state index in [4.69, 9.17) is 60.5 Å². The lowest BCUT2D eigenvalue weighted by Gasteiger charge is -2.09. The Kier molecular flexibility index (Phi) is 30.2. The van der Waals surface area contributed by atoms with Crippen LogP contribution in [0.2, 0.25) is 0 Å². The summed E-state index contributed by atoms with van der Waals surface area (Å²) in [6.07, 6.45) is 0. The lowest BCUT2D eigenvalue weighted by atomic mass is 10.4. The van der Waals surface area contributed by atoms with E-state index < -0.39 is 20.2 Å². The van der Waals surface area contributed by atoms with E-state index in [1.165, 1.54) is 24.3 Å². The second-order valence-electron chi connectivity index (χ2n) is 10.9. The molecule has 0 aromatic heterocycles. The minimum Gasteiger partial charge on any atom is -0.377 e. The third kappa shape index (κ3) is 28.0. The number of ether oxygens (including phenoxy) is 11. The van der Waals surface area contributed by atoms with E-state index in [0.717, 1.165) is 0 Å². The van der Waals surface area contributed by atoms with Gasteiger partial charge in [0.2, 0.25) is 0 Å². The molecule has 0 aliphatic heterocycles. The number of hydrogen-bond acceptors (Lipinski definition) is 17. The van der Waals surface area contributed by atoms with E-state index in [9.17, 15) is 16.8 Å². The minimum atomic E-state index is -3.77. The zero-order valence-electron chi connectivity index (χ0n) is 31.5. The van der Waals surface area contributed by atoms with E-state index in [2.05, 4.69) is 0 Å². The molecule has 316 valence electrons. The Hall–Kier alpha value is -2.18. The van der Waals surface area contributed by atoms with E-state index >= 15 is 0 Å². The summed E-state index contributed by atoms with van der Waals surface area (Å²) < 4.78 is 117. The molecule has 0 saturated heterocycles. The zero-order chi connectivity index (χ0) is 39.4. The Balaban J connectivity index is 1.16. The van der Waals surface area contributed by atoms with Crippen molar-refractivity contribution in [3.8, 4) is 0 Å². The first-order valence-corrected chi connectivity index (χ1v) is 21.0. The molecule has 0 fully saturated rings. The van der Waals surface area contributed by atoms with Crippen LogP contribution in [0, 0.1) is 0 Å². The van der Waals surface area contributed by atoms with Crippen molar-refractivity contribution in [2.75, 3.05) is 159 Å². The van der Waals surface area contributed by atoms with Gasteiger partial charge in [0.15, 0.2) is 0 Å². The van der Waals surface area contributed by atoms with E-state index in [1.54, 1.807) is 36.4 Å². The first-order valence-electron chi connectivity index (χ1n) is 18.2. The molecule has 0 aliphatic rings. The van der Waals surface area contributed by atoms with Crippen LogP contribution in [-0.4, -0.2) is 175 Å². The molecule has 0 spiro atoms. The number of benzene rings is 2. The van der Waals surface area contributed by atoms with Crippen LogP contribution in [0.5, 0.6) is 0 Å². The van der Waals surface area contributed by atoms with Crippen molar-refractivity contribution in [2.45, 2.75) is 9.79 Å². The summed E-state index contributed by atoms with van der Waals surface area (Å²) in [5.74, 6) is 0. The van der Waals surface area contributed by atoms with Crippen LogP contribution in [0.3, 0.4) is 0 Å². The normalized spacial score (nSPS) is 12.1. The molecule has 0 amide bonds. The highest BCUT2D eigenvalue weighted by atomic mass is 32.2. The standard InChI is InChI=1S/C36H58O17S2/c37-54(38,35-7-3-1-4-8-35)52-33-31-50-29-27-48-25-23-46-21-19-44-17-15-42-13-11-41-12-14-43-16-18-45-20-22-47-24-26-49-28-30-51-32-34-53-55(39,40)36-9-5-2-6-10-36/h1-10H,11-34H2. The molecular weight excluding hydrogens is 769 g/mol. The SMILES string of the molecule is O=S(=O)(OCCOCCOCCOCCOCCOCCOCCOCCOCCOCCOCCOCCOS(=O)(=O)c1ccccc1)c1ccccc1. The lowest BCUT2D eigenvalue weighted by Crippen LogP contribution is -2.16. The molecule has 0 bridgehead atoms. The van der Waals surface area contributed by atoms with Gasteiger partial charge in [-0.1, -0.05) is 36.4 Å².